The van der Waals surface area contributed by atoms with Gasteiger partial charge in [0.1, 0.15) is 6.10 Å². The second-order valence-corrected chi connectivity index (χ2v) is 3.80. The predicted molar refractivity (Wildman–Crippen MR) is 67.7 cm³/mol. The molecule has 1 rings (SSSR count). The predicted octanol–water partition coefficient (Wildman–Crippen LogP) is 1.14. The molecule has 0 aliphatic heterocycles. The molecule has 3 N–H and O–H groups in total. The van der Waals surface area contributed by atoms with Gasteiger partial charge in [-0.1, -0.05) is 17.3 Å². The molecule has 1 aromatic rings. The molecule has 1 aromatic carbocycles. The zero-order valence-electron chi connectivity index (χ0n) is 10.2. The summed E-state index contributed by atoms with van der Waals surface area (Å²) in [5.41, 5.74) is 7.12. The topological polar surface area (TPSA) is 76.7 Å². The maximum atomic E-state index is 11.7. The molecule has 0 bridgehead atoms. The summed E-state index contributed by atoms with van der Waals surface area (Å²) in [6.07, 6.45) is -0.0802. The Morgan fingerprint density at radius 3 is 2.41 bits per heavy atom. The van der Waals surface area contributed by atoms with E-state index in [2.05, 4.69) is 10.5 Å². The Balaban J connectivity index is 3.02. The quantitative estimate of drug-likeness (QED) is 0.467. The molecule has 1 amide bonds. The third kappa shape index (κ3) is 3.79. The number of nitrogens with two attached hydrogens (primary N) is 1. The van der Waals surface area contributed by atoms with Crippen LogP contribution < -0.4 is 11.1 Å². The number of nitrogens with one attached hydrogen (secondary N) is 1. The minimum atomic E-state index is -0.296. The Kier molecular flexibility index (Phi) is 4.51. The van der Waals surface area contributed by atoms with Gasteiger partial charge in [0.05, 0.1) is 0 Å². The summed E-state index contributed by atoms with van der Waals surface area (Å²) in [5, 5.41) is 6.38. The number of nitrogen functional groups attached to an aromatic ring is 1. The molecule has 0 spiro atoms. The van der Waals surface area contributed by atoms with Crippen LogP contribution in [0.2, 0.25) is 0 Å². The molecule has 0 unspecified atom stereocenters. The first-order chi connectivity index (χ1) is 8.04. The molecule has 0 aromatic heterocycles. The summed E-state index contributed by atoms with van der Waals surface area (Å²) < 4.78 is 0. The average molecular weight is 235 g/mol. The second-order valence-electron chi connectivity index (χ2n) is 3.80. The van der Waals surface area contributed by atoms with Crippen LogP contribution in [0.25, 0.3) is 0 Å². The van der Waals surface area contributed by atoms with Crippen LogP contribution in [0.1, 0.15) is 19.4 Å². The van der Waals surface area contributed by atoms with Crippen LogP contribution in [-0.4, -0.2) is 24.8 Å². The fourth-order valence-electron chi connectivity index (χ4n) is 1.14. The first kappa shape index (κ1) is 13.0. The van der Waals surface area contributed by atoms with Gasteiger partial charge in [-0.3, -0.25) is 4.79 Å². The van der Waals surface area contributed by atoms with Crippen LogP contribution in [0, 0.1) is 0 Å². The monoisotopic (exact) mass is 235 g/mol. The number of rotatable bonds is 4. The van der Waals surface area contributed by atoms with Gasteiger partial charge in [0.25, 0.3) is 5.91 Å². The standard InChI is InChI=1S/C12H17N3O2/c1-8(2)17-15-11(12(16)14-3)9-4-6-10(13)7-5-9/h4-8H,13H2,1-3H3,(H,14,16)/b15-11-. The molecule has 0 saturated heterocycles. The third-order valence-electron chi connectivity index (χ3n) is 1.98. The van der Waals surface area contributed by atoms with Crippen LogP contribution in [0.3, 0.4) is 0 Å². The summed E-state index contributed by atoms with van der Waals surface area (Å²) in [7, 11) is 1.55. The largest absolute Gasteiger partial charge is 0.399 e. The molecule has 0 saturated carbocycles. The number of carbonyl (C=O) groups is 1. The first-order valence-electron chi connectivity index (χ1n) is 5.36. The number of likely N-dealkylation sites (N-methyl/N-ethyl adjacent to an activating group) is 1. The van der Waals surface area contributed by atoms with E-state index in [4.69, 9.17) is 10.6 Å². The number of hydrogen-bond acceptors (Lipinski definition) is 4. The normalized spacial score (nSPS) is 11.4. The van der Waals surface area contributed by atoms with E-state index in [9.17, 15) is 4.79 Å². The molecule has 0 heterocycles. The molecular weight excluding hydrogens is 218 g/mol. The minimum absolute atomic E-state index is 0.0802. The van der Waals surface area contributed by atoms with Gasteiger partial charge in [0.2, 0.25) is 0 Å². The van der Waals surface area contributed by atoms with Crippen LogP contribution >= 0.6 is 0 Å². The van der Waals surface area contributed by atoms with Gasteiger partial charge in [0, 0.05) is 18.3 Å². The molecule has 0 radical (unpaired) electrons. The van der Waals surface area contributed by atoms with Crippen molar-refractivity contribution in [1.29, 1.82) is 0 Å². The van der Waals surface area contributed by atoms with E-state index in [1.54, 1.807) is 31.3 Å². The van der Waals surface area contributed by atoms with Gasteiger partial charge in [-0.05, 0) is 26.0 Å². The van der Waals surface area contributed by atoms with Crippen molar-refractivity contribution in [2.45, 2.75) is 20.0 Å². The van der Waals surface area contributed by atoms with Crippen molar-refractivity contribution in [3.8, 4) is 0 Å². The van der Waals surface area contributed by atoms with Crippen LogP contribution in [-0.2, 0) is 9.63 Å². The highest BCUT2D eigenvalue weighted by Crippen LogP contribution is 2.08. The SMILES string of the molecule is CNC(=O)/C(=N\OC(C)C)c1ccc(N)cc1. The van der Waals surface area contributed by atoms with Gasteiger partial charge >= 0.3 is 0 Å². The number of oxime groups is 1. The fraction of sp³-hybridized carbons (Fsp3) is 0.333. The van der Waals surface area contributed by atoms with Gasteiger partial charge in [-0.25, -0.2) is 0 Å². The van der Waals surface area contributed by atoms with Gasteiger partial charge in [-0.2, -0.15) is 0 Å². The molecule has 5 heteroatoms. The maximum Gasteiger partial charge on any atom is 0.273 e. The summed E-state index contributed by atoms with van der Waals surface area (Å²) in [6, 6.07) is 6.88. The summed E-state index contributed by atoms with van der Waals surface area (Å²) in [4.78, 5) is 16.8. The zero-order chi connectivity index (χ0) is 12.8. The van der Waals surface area contributed by atoms with Gasteiger partial charge in [-0.15, -0.1) is 0 Å². The highest BCUT2D eigenvalue weighted by molar-refractivity contribution is 6.45. The molecular formula is C12H17N3O2. The van der Waals surface area contributed by atoms with Gasteiger partial charge < -0.3 is 15.9 Å². The maximum absolute atomic E-state index is 11.7. The Bertz CT molecular complexity index is 410. The Hall–Kier alpha value is -2.04. The van der Waals surface area contributed by atoms with Crippen molar-refractivity contribution in [1.82, 2.24) is 5.32 Å². The second kappa shape index (κ2) is 5.89. The number of hydrogen-bond donors (Lipinski definition) is 2. The van der Waals surface area contributed by atoms with Crippen molar-refractivity contribution < 1.29 is 9.63 Å². The molecule has 17 heavy (non-hydrogen) atoms. The van der Waals surface area contributed by atoms with Crippen LogP contribution in [0.5, 0.6) is 0 Å². The highest BCUT2D eigenvalue weighted by atomic mass is 16.6. The molecule has 0 aliphatic carbocycles. The smallest absolute Gasteiger partial charge is 0.273 e. The van der Waals surface area contributed by atoms with Crippen molar-refractivity contribution in [3.05, 3.63) is 29.8 Å². The summed E-state index contributed by atoms with van der Waals surface area (Å²) in [5.74, 6) is -0.296. The van der Waals surface area contributed by atoms with E-state index in [1.807, 2.05) is 13.8 Å². The van der Waals surface area contributed by atoms with Crippen molar-refractivity contribution in [2.75, 3.05) is 12.8 Å². The molecule has 0 aliphatic rings. The summed E-state index contributed by atoms with van der Waals surface area (Å²) >= 11 is 0. The molecule has 0 atom stereocenters. The van der Waals surface area contributed by atoms with Crippen molar-refractivity contribution in [3.63, 3.8) is 0 Å². The number of nitrogens with zero attached hydrogens (tertiary/aromatic N) is 1. The van der Waals surface area contributed by atoms with Crippen molar-refractivity contribution >= 4 is 17.3 Å². The number of carbonyl (C=O) groups excluding carboxylic acids is 1. The van der Waals surface area contributed by atoms with E-state index >= 15 is 0 Å². The lowest BCUT2D eigenvalue weighted by atomic mass is 10.1. The van der Waals surface area contributed by atoms with Crippen molar-refractivity contribution in [2.24, 2.45) is 5.16 Å². The van der Waals surface area contributed by atoms with Crippen LogP contribution in [0.4, 0.5) is 5.69 Å². The Morgan fingerprint density at radius 1 is 1.35 bits per heavy atom. The first-order valence-corrected chi connectivity index (χ1v) is 5.36. The van der Waals surface area contributed by atoms with Crippen LogP contribution in [0.15, 0.2) is 29.4 Å². The van der Waals surface area contributed by atoms with E-state index in [0.29, 0.717) is 11.3 Å². The number of amides is 1. The van der Waals surface area contributed by atoms with E-state index in [-0.39, 0.29) is 17.7 Å². The summed E-state index contributed by atoms with van der Waals surface area (Å²) in [6.45, 7) is 3.68. The van der Waals surface area contributed by atoms with E-state index in [1.165, 1.54) is 0 Å². The Labute approximate surface area is 101 Å². The third-order valence-corrected chi connectivity index (χ3v) is 1.98. The fourth-order valence-corrected chi connectivity index (χ4v) is 1.14. The zero-order valence-corrected chi connectivity index (χ0v) is 10.2. The lowest BCUT2D eigenvalue weighted by molar-refractivity contribution is -0.114. The highest BCUT2D eigenvalue weighted by Gasteiger charge is 2.13. The minimum Gasteiger partial charge on any atom is -0.399 e. The number of benzene rings is 1. The molecule has 0 fully saturated rings. The lowest BCUT2D eigenvalue weighted by Crippen LogP contribution is -2.28. The van der Waals surface area contributed by atoms with Gasteiger partial charge in [0.15, 0.2) is 5.71 Å². The van der Waals surface area contributed by atoms with E-state index < -0.39 is 0 Å². The molecule has 92 valence electrons. The Morgan fingerprint density at radius 2 is 1.94 bits per heavy atom. The van der Waals surface area contributed by atoms with E-state index in [0.717, 1.165) is 0 Å². The molecule has 5 nitrogen and oxygen atoms in total. The lowest BCUT2D eigenvalue weighted by Gasteiger charge is -2.07. The average Bonchev–Trinajstić information content (AvgIpc) is 2.30. The number of anilines is 1.